The summed E-state index contributed by atoms with van der Waals surface area (Å²) in [5.74, 6) is 0.754. The van der Waals surface area contributed by atoms with Crippen molar-refractivity contribution in [2.45, 2.75) is 32.8 Å². The number of nitrogens with zero attached hydrogens (tertiary/aromatic N) is 5. The van der Waals surface area contributed by atoms with Gasteiger partial charge in [0, 0.05) is 19.3 Å². The van der Waals surface area contributed by atoms with Crippen LogP contribution in [-0.4, -0.2) is 54.7 Å². The average molecular weight is 289 g/mol. The third kappa shape index (κ3) is 2.49. The summed E-state index contributed by atoms with van der Waals surface area (Å²) in [6.07, 6.45) is 4.36. The maximum atomic E-state index is 12.6. The highest BCUT2D eigenvalue weighted by atomic mass is 16.3. The minimum atomic E-state index is -0.308. The van der Waals surface area contributed by atoms with Gasteiger partial charge in [-0.1, -0.05) is 0 Å². The van der Waals surface area contributed by atoms with Gasteiger partial charge in [0.15, 0.2) is 0 Å². The average Bonchev–Trinajstić information content (AvgIpc) is 2.96. The Morgan fingerprint density at radius 2 is 2.10 bits per heavy atom. The molecule has 1 fully saturated rings. The summed E-state index contributed by atoms with van der Waals surface area (Å²) < 4.78 is 1.58. The zero-order chi connectivity index (χ0) is 15.0. The Labute approximate surface area is 122 Å². The van der Waals surface area contributed by atoms with E-state index in [9.17, 15) is 9.90 Å². The molecule has 1 aliphatic rings. The van der Waals surface area contributed by atoms with Crippen molar-refractivity contribution in [3.8, 4) is 0 Å². The normalized spacial score (nSPS) is 18.1. The fourth-order valence-electron chi connectivity index (χ4n) is 2.86. The maximum absolute atomic E-state index is 12.6. The molecular weight excluding hydrogens is 270 g/mol. The molecule has 7 heteroatoms. The van der Waals surface area contributed by atoms with Gasteiger partial charge in [-0.15, -0.1) is 0 Å². The Balaban J connectivity index is 1.80. The third-order valence-corrected chi connectivity index (χ3v) is 4.29. The molecule has 0 bridgehead atoms. The number of carbonyl (C=O) groups is 1. The topological polar surface area (TPSA) is 83.6 Å². The van der Waals surface area contributed by atoms with Crippen molar-refractivity contribution < 1.29 is 9.90 Å². The summed E-state index contributed by atoms with van der Waals surface area (Å²) in [6, 6.07) is 0. The van der Waals surface area contributed by atoms with Crippen LogP contribution in [0.1, 0.15) is 35.8 Å². The van der Waals surface area contributed by atoms with E-state index in [1.54, 1.807) is 10.7 Å². The summed E-state index contributed by atoms with van der Waals surface area (Å²) in [5, 5.41) is 13.7. The van der Waals surface area contributed by atoms with E-state index in [0.29, 0.717) is 24.4 Å². The molecule has 112 valence electrons. The molecule has 1 atom stereocenters. The molecule has 21 heavy (non-hydrogen) atoms. The van der Waals surface area contributed by atoms with Crippen molar-refractivity contribution in [1.29, 1.82) is 0 Å². The van der Waals surface area contributed by atoms with Gasteiger partial charge in [0.05, 0.1) is 17.4 Å². The van der Waals surface area contributed by atoms with Gasteiger partial charge in [0.2, 0.25) is 0 Å². The summed E-state index contributed by atoms with van der Waals surface area (Å²) in [7, 11) is 0. The predicted octanol–water partition coefficient (Wildman–Crippen LogP) is 0.666. The monoisotopic (exact) mass is 289 g/mol. The quantitative estimate of drug-likeness (QED) is 0.878. The largest absolute Gasteiger partial charge is 0.393 e. The van der Waals surface area contributed by atoms with Crippen LogP contribution in [0.5, 0.6) is 0 Å². The lowest BCUT2D eigenvalue weighted by Crippen LogP contribution is -2.41. The first-order chi connectivity index (χ1) is 10.1. The fraction of sp³-hybridized carbons (Fsp3) is 0.571. The minimum absolute atomic E-state index is 0.0264. The molecule has 0 radical (unpaired) electrons. The number of aryl methyl sites for hydroxylation is 1. The second-order valence-corrected chi connectivity index (χ2v) is 5.60. The van der Waals surface area contributed by atoms with Crippen LogP contribution in [0, 0.1) is 12.8 Å². The van der Waals surface area contributed by atoms with Crippen LogP contribution in [0.4, 0.5) is 0 Å². The van der Waals surface area contributed by atoms with Crippen LogP contribution in [0.3, 0.4) is 0 Å². The number of aromatic nitrogens is 4. The van der Waals surface area contributed by atoms with Crippen molar-refractivity contribution in [3.63, 3.8) is 0 Å². The van der Waals surface area contributed by atoms with E-state index >= 15 is 0 Å². The van der Waals surface area contributed by atoms with Gasteiger partial charge in [-0.05, 0) is 32.6 Å². The zero-order valence-electron chi connectivity index (χ0n) is 12.2. The van der Waals surface area contributed by atoms with Crippen LogP contribution < -0.4 is 0 Å². The smallest absolute Gasteiger partial charge is 0.257 e. The molecule has 1 saturated heterocycles. The van der Waals surface area contributed by atoms with Crippen molar-refractivity contribution in [3.05, 3.63) is 23.8 Å². The second kappa shape index (κ2) is 5.40. The van der Waals surface area contributed by atoms with Crippen LogP contribution in [0.25, 0.3) is 5.78 Å². The van der Waals surface area contributed by atoms with E-state index in [0.717, 1.165) is 18.5 Å². The number of hydrogen-bond acceptors (Lipinski definition) is 5. The highest BCUT2D eigenvalue weighted by Crippen LogP contribution is 2.22. The highest BCUT2D eigenvalue weighted by molar-refractivity contribution is 5.95. The van der Waals surface area contributed by atoms with Crippen LogP contribution >= 0.6 is 0 Å². The van der Waals surface area contributed by atoms with Crippen LogP contribution in [0.15, 0.2) is 12.5 Å². The molecule has 2 aromatic rings. The number of fused-ring (bicyclic) bond motifs is 1. The van der Waals surface area contributed by atoms with E-state index in [-0.39, 0.29) is 17.9 Å². The SMILES string of the molecule is Cc1c(C(=O)N2CCC(C(C)O)CC2)cnc2ncnn12. The van der Waals surface area contributed by atoms with Gasteiger partial charge in [-0.25, -0.2) is 9.50 Å². The molecule has 3 heterocycles. The highest BCUT2D eigenvalue weighted by Gasteiger charge is 2.27. The van der Waals surface area contributed by atoms with Crippen molar-refractivity contribution in [2.24, 2.45) is 5.92 Å². The molecular formula is C14H19N5O2. The Morgan fingerprint density at radius 3 is 2.76 bits per heavy atom. The van der Waals surface area contributed by atoms with Gasteiger partial charge in [0.1, 0.15) is 6.33 Å². The van der Waals surface area contributed by atoms with E-state index in [1.807, 2.05) is 18.7 Å². The minimum Gasteiger partial charge on any atom is -0.393 e. The first-order valence-corrected chi connectivity index (χ1v) is 7.20. The lowest BCUT2D eigenvalue weighted by atomic mass is 9.92. The van der Waals surface area contributed by atoms with E-state index in [4.69, 9.17) is 0 Å². The summed E-state index contributed by atoms with van der Waals surface area (Å²) in [6.45, 7) is 5.00. The predicted molar refractivity (Wildman–Crippen MR) is 75.8 cm³/mol. The Bertz CT molecular complexity index is 658. The summed E-state index contributed by atoms with van der Waals surface area (Å²) >= 11 is 0. The molecule has 1 aliphatic heterocycles. The molecule has 0 spiro atoms. The van der Waals surface area contributed by atoms with Gasteiger partial charge in [-0.3, -0.25) is 4.79 Å². The molecule has 1 unspecified atom stereocenters. The first kappa shape index (κ1) is 13.9. The van der Waals surface area contributed by atoms with Crippen molar-refractivity contribution in [2.75, 3.05) is 13.1 Å². The first-order valence-electron chi connectivity index (χ1n) is 7.20. The summed E-state index contributed by atoms with van der Waals surface area (Å²) in [5.41, 5.74) is 1.31. The van der Waals surface area contributed by atoms with Crippen LogP contribution in [0.2, 0.25) is 0 Å². The van der Waals surface area contributed by atoms with Crippen molar-refractivity contribution >= 4 is 11.7 Å². The van der Waals surface area contributed by atoms with Crippen LogP contribution in [-0.2, 0) is 0 Å². The number of piperidine rings is 1. The molecule has 0 saturated carbocycles. The molecule has 7 nitrogen and oxygen atoms in total. The molecule has 1 amide bonds. The molecule has 0 aromatic carbocycles. The fourth-order valence-corrected chi connectivity index (χ4v) is 2.86. The molecule has 0 aliphatic carbocycles. The second-order valence-electron chi connectivity index (χ2n) is 5.60. The number of amides is 1. The summed E-state index contributed by atoms with van der Waals surface area (Å²) in [4.78, 5) is 22.6. The lowest BCUT2D eigenvalue weighted by Gasteiger charge is -2.33. The third-order valence-electron chi connectivity index (χ3n) is 4.29. The number of hydrogen-bond donors (Lipinski definition) is 1. The molecule has 1 N–H and O–H groups in total. The number of aliphatic hydroxyl groups excluding tert-OH is 1. The zero-order valence-corrected chi connectivity index (χ0v) is 12.2. The Morgan fingerprint density at radius 1 is 1.38 bits per heavy atom. The van der Waals surface area contributed by atoms with Gasteiger partial charge >= 0.3 is 0 Å². The number of likely N-dealkylation sites (tertiary alicyclic amines) is 1. The number of carbonyl (C=O) groups excluding carboxylic acids is 1. The number of aliphatic hydroxyl groups is 1. The van der Waals surface area contributed by atoms with Gasteiger partial charge in [0.25, 0.3) is 11.7 Å². The van der Waals surface area contributed by atoms with Gasteiger partial charge in [-0.2, -0.15) is 10.1 Å². The van der Waals surface area contributed by atoms with E-state index < -0.39 is 0 Å². The van der Waals surface area contributed by atoms with E-state index in [1.165, 1.54) is 6.33 Å². The van der Waals surface area contributed by atoms with Gasteiger partial charge < -0.3 is 10.0 Å². The van der Waals surface area contributed by atoms with Crippen molar-refractivity contribution in [1.82, 2.24) is 24.5 Å². The molecule has 2 aromatic heterocycles. The Hall–Kier alpha value is -2.02. The number of rotatable bonds is 2. The molecule has 3 rings (SSSR count). The van der Waals surface area contributed by atoms with E-state index in [2.05, 4.69) is 15.1 Å². The maximum Gasteiger partial charge on any atom is 0.257 e. The standard InChI is InChI=1S/C14H19N5O2/c1-9-12(7-15-14-16-8-17-19(9)14)13(21)18-5-3-11(4-6-18)10(2)20/h7-8,10-11,20H,3-6H2,1-2H3. The Kier molecular flexibility index (Phi) is 3.59. The lowest BCUT2D eigenvalue weighted by molar-refractivity contribution is 0.0520.